The van der Waals surface area contributed by atoms with Crippen LogP contribution in [0.2, 0.25) is 0 Å². The predicted molar refractivity (Wildman–Crippen MR) is 70.2 cm³/mol. The van der Waals surface area contributed by atoms with Crippen LogP contribution in [0.15, 0.2) is 24.3 Å². The van der Waals surface area contributed by atoms with E-state index in [1.807, 2.05) is 18.2 Å². The van der Waals surface area contributed by atoms with Gasteiger partial charge in [-0.1, -0.05) is 26.0 Å². The molecule has 0 aromatic heterocycles. The van der Waals surface area contributed by atoms with E-state index < -0.39 is 0 Å². The molecule has 1 aromatic rings. The molecule has 0 amide bonds. The van der Waals surface area contributed by atoms with E-state index >= 15 is 0 Å². The number of para-hydroxylation sites is 2. The zero-order valence-electron chi connectivity index (χ0n) is 10.8. The molecule has 1 aromatic carbocycles. The Morgan fingerprint density at radius 2 is 1.81 bits per heavy atom. The number of nitrogens with one attached hydrogen (secondary N) is 1. The minimum atomic E-state index is 0.485. The van der Waals surface area contributed by atoms with Crippen molar-refractivity contribution in [2.24, 2.45) is 5.92 Å². The first-order chi connectivity index (χ1) is 7.63. The van der Waals surface area contributed by atoms with Crippen LogP contribution in [0.5, 0.6) is 5.75 Å². The average molecular weight is 221 g/mol. The SMILES string of the molecule is COc1ccccc1NC(C)CCC(C)C. The second-order valence-corrected chi connectivity index (χ2v) is 4.72. The Morgan fingerprint density at radius 3 is 2.44 bits per heavy atom. The van der Waals surface area contributed by atoms with Crippen molar-refractivity contribution in [2.75, 3.05) is 12.4 Å². The third-order valence-electron chi connectivity index (χ3n) is 2.69. The highest BCUT2D eigenvalue weighted by Gasteiger charge is 2.06. The normalized spacial score (nSPS) is 12.6. The Labute approximate surface area is 99.0 Å². The second kappa shape index (κ2) is 6.41. The fraction of sp³-hybridized carbons (Fsp3) is 0.571. The summed E-state index contributed by atoms with van der Waals surface area (Å²) in [6, 6.07) is 8.55. The van der Waals surface area contributed by atoms with Crippen LogP contribution in [0.1, 0.15) is 33.6 Å². The first-order valence-corrected chi connectivity index (χ1v) is 6.03. The quantitative estimate of drug-likeness (QED) is 0.785. The van der Waals surface area contributed by atoms with Gasteiger partial charge in [0.25, 0.3) is 0 Å². The molecule has 0 bridgehead atoms. The maximum atomic E-state index is 5.31. The van der Waals surface area contributed by atoms with Crippen LogP contribution in [0.3, 0.4) is 0 Å². The molecule has 0 heterocycles. The standard InChI is InChI=1S/C14H23NO/c1-11(2)9-10-12(3)15-13-7-5-6-8-14(13)16-4/h5-8,11-12,15H,9-10H2,1-4H3. The summed E-state index contributed by atoms with van der Waals surface area (Å²) in [5.41, 5.74) is 1.08. The molecule has 0 saturated heterocycles. The van der Waals surface area contributed by atoms with Crippen LogP contribution >= 0.6 is 0 Å². The van der Waals surface area contributed by atoms with Gasteiger partial charge >= 0.3 is 0 Å². The number of benzene rings is 1. The number of hydrogen-bond acceptors (Lipinski definition) is 2. The first-order valence-electron chi connectivity index (χ1n) is 6.03. The van der Waals surface area contributed by atoms with Crippen LogP contribution in [0.25, 0.3) is 0 Å². The van der Waals surface area contributed by atoms with Gasteiger partial charge in [-0.05, 0) is 37.8 Å². The van der Waals surface area contributed by atoms with E-state index in [4.69, 9.17) is 4.74 Å². The van der Waals surface area contributed by atoms with Gasteiger partial charge in [-0.15, -0.1) is 0 Å². The van der Waals surface area contributed by atoms with Crippen LogP contribution in [0.4, 0.5) is 5.69 Å². The minimum Gasteiger partial charge on any atom is -0.495 e. The van der Waals surface area contributed by atoms with Crippen LogP contribution in [-0.2, 0) is 0 Å². The van der Waals surface area contributed by atoms with Crippen molar-refractivity contribution < 1.29 is 4.74 Å². The van der Waals surface area contributed by atoms with Gasteiger partial charge < -0.3 is 10.1 Å². The van der Waals surface area contributed by atoms with E-state index in [0.717, 1.165) is 17.4 Å². The largest absolute Gasteiger partial charge is 0.495 e. The zero-order chi connectivity index (χ0) is 12.0. The lowest BCUT2D eigenvalue weighted by Gasteiger charge is -2.18. The fourth-order valence-electron chi connectivity index (χ4n) is 1.68. The van der Waals surface area contributed by atoms with Crippen molar-refractivity contribution in [2.45, 2.75) is 39.7 Å². The molecule has 0 aliphatic rings. The Balaban J connectivity index is 2.51. The lowest BCUT2D eigenvalue weighted by molar-refractivity contribution is 0.415. The van der Waals surface area contributed by atoms with Crippen LogP contribution in [-0.4, -0.2) is 13.2 Å². The van der Waals surface area contributed by atoms with Gasteiger partial charge in [0.2, 0.25) is 0 Å². The number of anilines is 1. The molecule has 1 N–H and O–H groups in total. The molecule has 0 aliphatic carbocycles. The highest BCUT2D eigenvalue weighted by molar-refractivity contribution is 5.56. The summed E-state index contributed by atoms with van der Waals surface area (Å²) >= 11 is 0. The van der Waals surface area contributed by atoms with Crippen molar-refractivity contribution in [1.29, 1.82) is 0 Å². The molecular weight excluding hydrogens is 198 g/mol. The number of rotatable bonds is 6. The van der Waals surface area contributed by atoms with Crippen LogP contribution in [0, 0.1) is 5.92 Å². The van der Waals surface area contributed by atoms with E-state index in [1.54, 1.807) is 7.11 Å². The average Bonchev–Trinajstić information content (AvgIpc) is 2.27. The van der Waals surface area contributed by atoms with Crippen LogP contribution < -0.4 is 10.1 Å². The Morgan fingerprint density at radius 1 is 1.12 bits per heavy atom. The van der Waals surface area contributed by atoms with Gasteiger partial charge in [0.1, 0.15) is 5.75 Å². The van der Waals surface area contributed by atoms with E-state index in [-0.39, 0.29) is 0 Å². The Kier molecular flexibility index (Phi) is 5.17. The number of hydrogen-bond donors (Lipinski definition) is 1. The highest BCUT2D eigenvalue weighted by atomic mass is 16.5. The molecule has 0 radical (unpaired) electrons. The maximum absolute atomic E-state index is 5.31. The summed E-state index contributed by atoms with van der Waals surface area (Å²) < 4.78 is 5.31. The maximum Gasteiger partial charge on any atom is 0.141 e. The van der Waals surface area contributed by atoms with E-state index in [9.17, 15) is 0 Å². The summed E-state index contributed by atoms with van der Waals surface area (Å²) in [6.45, 7) is 6.74. The van der Waals surface area contributed by atoms with E-state index in [0.29, 0.717) is 6.04 Å². The number of ether oxygens (including phenoxy) is 1. The van der Waals surface area contributed by atoms with Gasteiger partial charge in [-0.2, -0.15) is 0 Å². The lowest BCUT2D eigenvalue weighted by atomic mass is 10.0. The van der Waals surface area contributed by atoms with Crippen molar-refractivity contribution in [3.63, 3.8) is 0 Å². The summed E-state index contributed by atoms with van der Waals surface area (Å²) in [6.07, 6.45) is 2.44. The van der Waals surface area contributed by atoms with Crippen molar-refractivity contribution in [3.8, 4) is 5.75 Å². The minimum absolute atomic E-state index is 0.485. The molecule has 1 atom stereocenters. The van der Waals surface area contributed by atoms with Gasteiger partial charge in [-0.3, -0.25) is 0 Å². The zero-order valence-corrected chi connectivity index (χ0v) is 10.8. The number of methoxy groups -OCH3 is 1. The summed E-state index contributed by atoms with van der Waals surface area (Å²) in [4.78, 5) is 0. The van der Waals surface area contributed by atoms with E-state index in [1.165, 1.54) is 12.8 Å². The molecular formula is C14H23NO. The molecule has 1 unspecified atom stereocenters. The molecule has 0 saturated carbocycles. The van der Waals surface area contributed by atoms with Crippen molar-refractivity contribution in [1.82, 2.24) is 0 Å². The van der Waals surface area contributed by atoms with Gasteiger partial charge in [0, 0.05) is 6.04 Å². The monoisotopic (exact) mass is 221 g/mol. The molecule has 2 nitrogen and oxygen atoms in total. The molecule has 0 aliphatic heterocycles. The molecule has 90 valence electrons. The third kappa shape index (κ3) is 4.13. The van der Waals surface area contributed by atoms with Gasteiger partial charge in [-0.25, -0.2) is 0 Å². The molecule has 0 fully saturated rings. The third-order valence-corrected chi connectivity index (χ3v) is 2.69. The lowest BCUT2D eigenvalue weighted by Crippen LogP contribution is -2.16. The molecule has 2 heteroatoms. The topological polar surface area (TPSA) is 21.3 Å². The van der Waals surface area contributed by atoms with Crippen molar-refractivity contribution >= 4 is 5.69 Å². The summed E-state index contributed by atoms with van der Waals surface area (Å²) in [5.74, 6) is 1.68. The van der Waals surface area contributed by atoms with Gasteiger partial charge in [0.05, 0.1) is 12.8 Å². The predicted octanol–water partition coefficient (Wildman–Crippen LogP) is 3.93. The Hall–Kier alpha value is -1.18. The summed E-state index contributed by atoms with van der Waals surface area (Å²) in [5, 5.41) is 3.49. The summed E-state index contributed by atoms with van der Waals surface area (Å²) in [7, 11) is 1.71. The van der Waals surface area contributed by atoms with Crippen molar-refractivity contribution in [3.05, 3.63) is 24.3 Å². The molecule has 0 spiro atoms. The fourth-order valence-corrected chi connectivity index (χ4v) is 1.68. The smallest absolute Gasteiger partial charge is 0.141 e. The molecule has 16 heavy (non-hydrogen) atoms. The highest BCUT2D eigenvalue weighted by Crippen LogP contribution is 2.24. The van der Waals surface area contributed by atoms with E-state index in [2.05, 4.69) is 32.2 Å². The van der Waals surface area contributed by atoms with Gasteiger partial charge in [0.15, 0.2) is 0 Å². The Bertz CT molecular complexity index is 309. The first kappa shape index (κ1) is 12.9. The second-order valence-electron chi connectivity index (χ2n) is 4.72. The molecule has 1 rings (SSSR count).